The van der Waals surface area contributed by atoms with E-state index in [-0.39, 0.29) is 17.0 Å². The van der Waals surface area contributed by atoms with Crippen LogP contribution in [0.5, 0.6) is 0 Å². The number of thiophene rings is 1. The van der Waals surface area contributed by atoms with Crippen molar-refractivity contribution in [2.75, 3.05) is 0 Å². The number of carbonyl (C=O) groups is 1. The Morgan fingerprint density at radius 1 is 1.32 bits per heavy atom. The van der Waals surface area contributed by atoms with Gasteiger partial charge in [0.05, 0.1) is 5.25 Å². The van der Waals surface area contributed by atoms with Crippen molar-refractivity contribution in [2.24, 2.45) is 0 Å². The fourth-order valence-electron chi connectivity index (χ4n) is 2.92. The summed E-state index contributed by atoms with van der Waals surface area (Å²) in [7, 11) is 0. The third kappa shape index (κ3) is 4.62. The fraction of sp³-hybridized carbons (Fsp3) is 0.350. The van der Waals surface area contributed by atoms with Crippen molar-refractivity contribution in [3.05, 3.63) is 63.9 Å². The molecule has 1 aliphatic rings. The van der Waals surface area contributed by atoms with Crippen LogP contribution >= 0.6 is 23.1 Å². The normalized spacial score (nSPS) is 14.8. The fourth-order valence-corrected chi connectivity index (χ4v) is 4.59. The molecule has 5 nitrogen and oxygen atoms in total. The third-order valence-corrected chi connectivity index (χ3v) is 6.52. The SMILES string of the molecule is C[C@H](Sc1nnc(Cc2cccs2)n1C1CC1)C(=O)NCc1ccc(F)cc1. The Hall–Kier alpha value is -2.19. The van der Waals surface area contributed by atoms with Gasteiger partial charge in [0.2, 0.25) is 5.91 Å². The molecule has 1 saturated carbocycles. The van der Waals surface area contributed by atoms with Crippen molar-refractivity contribution in [1.29, 1.82) is 0 Å². The summed E-state index contributed by atoms with van der Waals surface area (Å²) in [4.78, 5) is 13.7. The van der Waals surface area contributed by atoms with E-state index >= 15 is 0 Å². The van der Waals surface area contributed by atoms with E-state index in [1.54, 1.807) is 23.5 Å². The summed E-state index contributed by atoms with van der Waals surface area (Å²) < 4.78 is 15.2. The van der Waals surface area contributed by atoms with E-state index in [4.69, 9.17) is 0 Å². The standard InChI is InChI=1S/C20H21FN4OS2/c1-13(19(26)22-12-14-4-6-15(21)7-5-14)28-20-24-23-18(25(20)16-8-9-16)11-17-3-2-10-27-17/h2-7,10,13,16H,8-9,11-12H2,1H3,(H,22,26)/t13-/m0/s1. The molecule has 0 saturated heterocycles. The topological polar surface area (TPSA) is 59.8 Å². The van der Waals surface area contributed by atoms with Crippen molar-refractivity contribution in [3.8, 4) is 0 Å². The number of thioether (sulfide) groups is 1. The van der Waals surface area contributed by atoms with Crippen molar-refractivity contribution >= 4 is 29.0 Å². The largest absolute Gasteiger partial charge is 0.351 e. The van der Waals surface area contributed by atoms with Gasteiger partial charge in [-0.2, -0.15) is 0 Å². The first-order valence-corrected chi connectivity index (χ1v) is 11.0. The van der Waals surface area contributed by atoms with E-state index in [2.05, 4.69) is 31.5 Å². The molecule has 3 aromatic rings. The molecule has 4 rings (SSSR count). The van der Waals surface area contributed by atoms with Gasteiger partial charge in [0.15, 0.2) is 5.16 Å². The van der Waals surface area contributed by atoms with E-state index in [1.807, 2.05) is 13.0 Å². The van der Waals surface area contributed by atoms with Gasteiger partial charge in [-0.25, -0.2) is 4.39 Å². The highest BCUT2D eigenvalue weighted by Crippen LogP contribution is 2.40. The molecule has 1 amide bonds. The average Bonchev–Trinajstić information content (AvgIpc) is 3.25. The number of hydrogen-bond acceptors (Lipinski definition) is 5. The highest BCUT2D eigenvalue weighted by molar-refractivity contribution is 8.00. The number of aromatic nitrogens is 3. The van der Waals surface area contributed by atoms with Crippen molar-refractivity contribution in [1.82, 2.24) is 20.1 Å². The first-order valence-electron chi connectivity index (χ1n) is 9.25. The molecule has 146 valence electrons. The maximum atomic E-state index is 13.0. The minimum absolute atomic E-state index is 0.0699. The summed E-state index contributed by atoms with van der Waals surface area (Å²) in [5, 5.41) is 14.2. The zero-order valence-electron chi connectivity index (χ0n) is 15.5. The molecule has 1 N–H and O–H groups in total. The van der Waals surface area contributed by atoms with Gasteiger partial charge in [-0.05, 0) is 48.9 Å². The zero-order valence-corrected chi connectivity index (χ0v) is 17.1. The number of halogens is 1. The quantitative estimate of drug-likeness (QED) is 0.559. The van der Waals surface area contributed by atoms with Crippen LogP contribution in [0.25, 0.3) is 0 Å². The number of carbonyl (C=O) groups excluding carboxylic acids is 1. The number of benzene rings is 1. The van der Waals surface area contributed by atoms with Gasteiger partial charge in [-0.1, -0.05) is 30.0 Å². The lowest BCUT2D eigenvalue weighted by atomic mass is 10.2. The average molecular weight is 417 g/mol. The molecule has 0 bridgehead atoms. The minimum Gasteiger partial charge on any atom is -0.351 e. The molecular formula is C20H21FN4OS2. The minimum atomic E-state index is -0.295. The summed E-state index contributed by atoms with van der Waals surface area (Å²) in [5.41, 5.74) is 0.867. The van der Waals surface area contributed by atoms with Crippen LogP contribution in [-0.2, 0) is 17.8 Å². The van der Waals surface area contributed by atoms with E-state index in [0.29, 0.717) is 12.6 Å². The summed E-state index contributed by atoms with van der Waals surface area (Å²) in [5.74, 6) is 0.614. The number of nitrogens with zero attached hydrogens (tertiary/aromatic N) is 3. The zero-order chi connectivity index (χ0) is 19.5. The van der Waals surface area contributed by atoms with Crippen molar-refractivity contribution in [2.45, 2.75) is 49.2 Å². The highest BCUT2D eigenvalue weighted by Gasteiger charge is 2.31. The first kappa shape index (κ1) is 19.1. The van der Waals surface area contributed by atoms with Crippen LogP contribution in [-0.4, -0.2) is 25.9 Å². The second kappa shape index (κ2) is 8.45. The van der Waals surface area contributed by atoms with E-state index in [9.17, 15) is 9.18 Å². The molecule has 0 aliphatic heterocycles. The second-order valence-electron chi connectivity index (χ2n) is 6.86. The van der Waals surface area contributed by atoms with Crippen molar-refractivity contribution in [3.63, 3.8) is 0 Å². The predicted molar refractivity (Wildman–Crippen MR) is 109 cm³/mol. The van der Waals surface area contributed by atoms with Crippen LogP contribution in [0.4, 0.5) is 4.39 Å². The molecule has 0 radical (unpaired) electrons. The van der Waals surface area contributed by atoms with Crippen LogP contribution in [0.15, 0.2) is 46.9 Å². The van der Waals surface area contributed by atoms with Crippen LogP contribution in [0, 0.1) is 5.82 Å². The monoisotopic (exact) mass is 416 g/mol. The molecular weight excluding hydrogens is 395 g/mol. The van der Waals surface area contributed by atoms with Crippen LogP contribution in [0.3, 0.4) is 0 Å². The van der Waals surface area contributed by atoms with Gasteiger partial charge >= 0.3 is 0 Å². The van der Waals surface area contributed by atoms with Gasteiger partial charge in [-0.15, -0.1) is 21.5 Å². The number of amides is 1. The van der Waals surface area contributed by atoms with Crippen LogP contribution in [0.2, 0.25) is 0 Å². The molecule has 1 aliphatic carbocycles. The third-order valence-electron chi connectivity index (χ3n) is 4.59. The Morgan fingerprint density at radius 2 is 2.11 bits per heavy atom. The maximum Gasteiger partial charge on any atom is 0.233 e. The van der Waals surface area contributed by atoms with Crippen LogP contribution < -0.4 is 5.32 Å². The molecule has 1 aromatic carbocycles. The Bertz CT molecular complexity index is 936. The molecule has 8 heteroatoms. The molecule has 0 spiro atoms. The summed E-state index contributed by atoms with van der Waals surface area (Å²) in [6.07, 6.45) is 3.04. The Morgan fingerprint density at radius 3 is 2.79 bits per heavy atom. The summed E-state index contributed by atoms with van der Waals surface area (Å²) in [6.45, 7) is 2.25. The Balaban J connectivity index is 1.39. The smallest absolute Gasteiger partial charge is 0.233 e. The Kier molecular flexibility index (Phi) is 5.77. The lowest BCUT2D eigenvalue weighted by Crippen LogP contribution is -2.30. The van der Waals surface area contributed by atoms with Gasteiger partial charge in [0.25, 0.3) is 0 Å². The van der Waals surface area contributed by atoms with Gasteiger partial charge in [0, 0.05) is 23.9 Å². The number of nitrogens with one attached hydrogen (secondary N) is 1. The molecule has 1 atom stereocenters. The number of hydrogen-bond donors (Lipinski definition) is 1. The molecule has 2 heterocycles. The summed E-state index contributed by atoms with van der Waals surface area (Å²) in [6, 6.07) is 10.7. The van der Waals surface area contributed by atoms with E-state index < -0.39 is 0 Å². The second-order valence-corrected chi connectivity index (χ2v) is 9.20. The first-order chi connectivity index (χ1) is 13.6. The maximum absolute atomic E-state index is 13.0. The van der Waals surface area contributed by atoms with E-state index in [1.165, 1.54) is 28.8 Å². The molecule has 0 unspecified atom stereocenters. The molecule has 2 aromatic heterocycles. The predicted octanol–water partition coefficient (Wildman–Crippen LogP) is 4.20. The van der Waals surface area contributed by atoms with Gasteiger partial charge < -0.3 is 9.88 Å². The Labute approximate surface area is 171 Å². The van der Waals surface area contributed by atoms with Gasteiger partial charge in [-0.3, -0.25) is 4.79 Å². The molecule has 28 heavy (non-hydrogen) atoms. The number of rotatable bonds is 8. The van der Waals surface area contributed by atoms with Crippen molar-refractivity contribution < 1.29 is 9.18 Å². The molecule has 1 fully saturated rings. The van der Waals surface area contributed by atoms with Crippen LogP contribution in [0.1, 0.15) is 42.1 Å². The lowest BCUT2D eigenvalue weighted by Gasteiger charge is -2.13. The van der Waals surface area contributed by atoms with Gasteiger partial charge in [0.1, 0.15) is 11.6 Å². The van der Waals surface area contributed by atoms with E-state index in [0.717, 1.165) is 35.8 Å². The summed E-state index contributed by atoms with van der Waals surface area (Å²) >= 11 is 3.15. The lowest BCUT2D eigenvalue weighted by molar-refractivity contribution is -0.120. The highest BCUT2D eigenvalue weighted by atomic mass is 32.2.